The van der Waals surface area contributed by atoms with E-state index in [1.165, 1.54) is 12.1 Å². The molecule has 18 heavy (non-hydrogen) atoms. The molecule has 0 atom stereocenters. The molecule has 0 aliphatic rings. The number of alkyl halides is 1. The molecule has 7 heteroatoms. The van der Waals surface area contributed by atoms with Gasteiger partial charge in [-0.1, -0.05) is 0 Å². The number of halogens is 1. The molecule has 0 aliphatic carbocycles. The Morgan fingerprint density at radius 3 is 2.56 bits per heavy atom. The highest BCUT2D eigenvalue weighted by Gasteiger charge is 2.08. The van der Waals surface area contributed by atoms with Gasteiger partial charge in [-0.3, -0.25) is 14.9 Å². The Kier molecular flexibility index (Phi) is 3.38. The van der Waals surface area contributed by atoms with Crippen LogP contribution in [0.15, 0.2) is 35.1 Å². The van der Waals surface area contributed by atoms with Gasteiger partial charge in [0.1, 0.15) is 0 Å². The van der Waals surface area contributed by atoms with Crippen LogP contribution in [0.5, 0.6) is 0 Å². The number of H-pyrrole nitrogens is 1. The topological polar surface area (TPSA) is 88.9 Å². The first kappa shape index (κ1) is 12.3. The Morgan fingerprint density at radius 1 is 1.33 bits per heavy atom. The van der Waals surface area contributed by atoms with Crippen LogP contribution in [0.3, 0.4) is 0 Å². The number of nitro groups is 1. The maximum absolute atomic E-state index is 11.3. The molecule has 1 heterocycles. The van der Waals surface area contributed by atoms with E-state index in [2.05, 4.69) is 10.2 Å². The normalized spacial score (nSPS) is 10.3. The van der Waals surface area contributed by atoms with Crippen molar-refractivity contribution in [2.24, 2.45) is 0 Å². The van der Waals surface area contributed by atoms with Crippen molar-refractivity contribution < 1.29 is 4.92 Å². The standard InChI is InChI=1S/C11H8ClN3O3/c12-6-8-5-10(13-14-11(8)16)7-1-3-9(4-2-7)15(17)18/h1-5H,6H2,(H,14,16). The van der Waals surface area contributed by atoms with Gasteiger partial charge in [-0.05, 0) is 18.2 Å². The number of nitrogens with zero attached hydrogens (tertiary/aromatic N) is 2. The number of nitrogens with one attached hydrogen (secondary N) is 1. The van der Waals surface area contributed by atoms with Gasteiger partial charge >= 0.3 is 0 Å². The fourth-order valence-corrected chi connectivity index (χ4v) is 1.65. The molecule has 0 radical (unpaired) electrons. The van der Waals surface area contributed by atoms with Crippen LogP contribution in [-0.4, -0.2) is 15.1 Å². The summed E-state index contributed by atoms with van der Waals surface area (Å²) >= 11 is 5.62. The second kappa shape index (κ2) is 4.97. The van der Waals surface area contributed by atoms with E-state index in [1.54, 1.807) is 18.2 Å². The summed E-state index contributed by atoms with van der Waals surface area (Å²) in [5.74, 6) is 0.0812. The van der Waals surface area contributed by atoms with Crippen molar-refractivity contribution in [3.8, 4) is 11.3 Å². The van der Waals surface area contributed by atoms with Crippen molar-refractivity contribution in [1.82, 2.24) is 10.2 Å². The van der Waals surface area contributed by atoms with Gasteiger partial charge in [0.25, 0.3) is 11.2 Å². The van der Waals surface area contributed by atoms with Crippen LogP contribution in [0.4, 0.5) is 5.69 Å². The summed E-state index contributed by atoms with van der Waals surface area (Å²) in [6.45, 7) is 0. The SMILES string of the molecule is O=c1[nH]nc(-c2ccc([N+](=O)[O-])cc2)cc1CCl. The lowest BCUT2D eigenvalue weighted by Crippen LogP contribution is -2.13. The summed E-state index contributed by atoms with van der Waals surface area (Å²) in [7, 11) is 0. The fourth-order valence-electron chi connectivity index (χ4n) is 1.45. The van der Waals surface area contributed by atoms with Crippen LogP contribution in [0.1, 0.15) is 5.56 Å². The van der Waals surface area contributed by atoms with Gasteiger partial charge in [-0.15, -0.1) is 11.6 Å². The number of aromatic amines is 1. The van der Waals surface area contributed by atoms with Crippen LogP contribution in [-0.2, 0) is 5.88 Å². The number of non-ortho nitro benzene ring substituents is 1. The first-order valence-electron chi connectivity index (χ1n) is 5.01. The van der Waals surface area contributed by atoms with Crippen molar-refractivity contribution in [3.05, 3.63) is 56.4 Å². The van der Waals surface area contributed by atoms with Gasteiger partial charge in [0, 0.05) is 23.3 Å². The molecule has 6 nitrogen and oxygen atoms in total. The van der Waals surface area contributed by atoms with E-state index in [4.69, 9.17) is 11.6 Å². The summed E-state index contributed by atoms with van der Waals surface area (Å²) in [6.07, 6.45) is 0. The zero-order chi connectivity index (χ0) is 13.1. The first-order valence-corrected chi connectivity index (χ1v) is 5.54. The minimum atomic E-state index is -0.478. The van der Waals surface area contributed by atoms with E-state index in [0.717, 1.165) is 0 Å². The number of hydrogen-bond acceptors (Lipinski definition) is 4. The molecule has 0 fully saturated rings. The molecule has 92 valence electrons. The molecule has 0 spiro atoms. The van der Waals surface area contributed by atoms with Gasteiger partial charge in [0.05, 0.1) is 16.5 Å². The third kappa shape index (κ3) is 2.38. The van der Waals surface area contributed by atoms with Gasteiger partial charge in [0.2, 0.25) is 0 Å². The number of nitro benzene ring substituents is 1. The van der Waals surface area contributed by atoms with Crippen LogP contribution >= 0.6 is 11.6 Å². The molecule has 2 aromatic rings. The molecule has 0 unspecified atom stereocenters. The maximum Gasteiger partial charge on any atom is 0.269 e. The number of benzene rings is 1. The second-order valence-electron chi connectivity index (χ2n) is 3.55. The van der Waals surface area contributed by atoms with Gasteiger partial charge < -0.3 is 0 Å². The van der Waals surface area contributed by atoms with Gasteiger partial charge in [-0.2, -0.15) is 5.10 Å². The van der Waals surface area contributed by atoms with E-state index in [9.17, 15) is 14.9 Å². The van der Waals surface area contributed by atoms with Crippen LogP contribution in [0.25, 0.3) is 11.3 Å². The maximum atomic E-state index is 11.3. The van der Waals surface area contributed by atoms with Crippen LogP contribution in [0, 0.1) is 10.1 Å². The van der Waals surface area contributed by atoms with Crippen molar-refractivity contribution in [3.63, 3.8) is 0 Å². The molecule has 0 aliphatic heterocycles. The molecule has 1 N–H and O–H groups in total. The van der Waals surface area contributed by atoms with E-state index < -0.39 is 4.92 Å². The largest absolute Gasteiger partial charge is 0.269 e. The quantitative estimate of drug-likeness (QED) is 0.523. The summed E-state index contributed by atoms with van der Waals surface area (Å²) in [5, 5.41) is 16.7. The van der Waals surface area contributed by atoms with Crippen LogP contribution in [0.2, 0.25) is 0 Å². The average molecular weight is 266 g/mol. The zero-order valence-electron chi connectivity index (χ0n) is 9.09. The molecular formula is C11H8ClN3O3. The predicted octanol–water partition coefficient (Wildman–Crippen LogP) is 2.08. The summed E-state index contributed by atoms with van der Waals surface area (Å²) in [6, 6.07) is 7.45. The van der Waals surface area contributed by atoms with Crippen LogP contribution < -0.4 is 5.56 Å². The van der Waals surface area contributed by atoms with Gasteiger partial charge in [-0.25, -0.2) is 5.10 Å². The Labute approximate surface area is 106 Å². The lowest BCUT2D eigenvalue weighted by molar-refractivity contribution is -0.384. The summed E-state index contributed by atoms with van der Waals surface area (Å²) in [4.78, 5) is 21.3. The zero-order valence-corrected chi connectivity index (χ0v) is 9.85. The molecule has 0 bridgehead atoms. The molecular weight excluding hydrogens is 258 g/mol. The lowest BCUT2D eigenvalue weighted by atomic mass is 10.1. The van der Waals surface area contributed by atoms with E-state index in [1.807, 2.05) is 0 Å². The molecule has 2 rings (SSSR count). The third-order valence-corrected chi connectivity index (χ3v) is 2.69. The molecule has 0 amide bonds. The highest BCUT2D eigenvalue weighted by molar-refractivity contribution is 6.17. The second-order valence-corrected chi connectivity index (χ2v) is 3.81. The average Bonchev–Trinajstić information content (AvgIpc) is 2.39. The Hall–Kier alpha value is -2.21. The predicted molar refractivity (Wildman–Crippen MR) is 66.5 cm³/mol. The van der Waals surface area contributed by atoms with E-state index in [0.29, 0.717) is 16.8 Å². The van der Waals surface area contributed by atoms with Crippen molar-refractivity contribution >= 4 is 17.3 Å². The molecule has 1 aromatic heterocycles. The highest BCUT2D eigenvalue weighted by atomic mass is 35.5. The van der Waals surface area contributed by atoms with Crippen molar-refractivity contribution in [1.29, 1.82) is 0 Å². The summed E-state index contributed by atoms with van der Waals surface area (Å²) < 4.78 is 0. The Bertz CT molecular complexity index is 637. The fraction of sp³-hybridized carbons (Fsp3) is 0.0909. The van der Waals surface area contributed by atoms with E-state index in [-0.39, 0.29) is 17.1 Å². The van der Waals surface area contributed by atoms with Gasteiger partial charge in [0.15, 0.2) is 0 Å². The number of aromatic nitrogens is 2. The third-order valence-electron chi connectivity index (χ3n) is 2.40. The molecule has 1 aromatic carbocycles. The first-order chi connectivity index (χ1) is 8.61. The summed E-state index contributed by atoms with van der Waals surface area (Å²) in [5.41, 5.74) is 1.25. The van der Waals surface area contributed by atoms with Crippen molar-refractivity contribution in [2.75, 3.05) is 0 Å². The Morgan fingerprint density at radius 2 is 2.00 bits per heavy atom. The Balaban J connectivity index is 2.42. The van der Waals surface area contributed by atoms with Crippen molar-refractivity contribution in [2.45, 2.75) is 5.88 Å². The molecule has 0 saturated carbocycles. The van der Waals surface area contributed by atoms with E-state index >= 15 is 0 Å². The number of rotatable bonds is 3. The molecule has 0 saturated heterocycles. The smallest absolute Gasteiger partial charge is 0.268 e. The lowest BCUT2D eigenvalue weighted by Gasteiger charge is -2.01. The minimum absolute atomic E-state index is 0.000687. The number of hydrogen-bond donors (Lipinski definition) is 1. The monoisotopic (exact) mass is 265 g/mol. The minimum Gasteiger partial charge on any atom is -0.268 e. The highest BCUT2D eigenvalue weighted by Crippen LogP contribution is 2.20.